The van der Waals surface area contributed by atoms with Gasteiger partial charge in [-0.3, -0.25) is 10.1 Å². The standard InChI is InChI=1S/C31H33FN2O4/c1-4-31(30(35)36,33-20-24-7-13-26(32)14-8-24)19-23-9-15-27(16-10-23)37-18-17-28-22(3)38-29(34-28)25-11-5-21(2)6-12-25/h5-16,33H,4,17-20H2,1-3H3,(H,35,36)/t31-/m0/s1. The average Bonchev–Trinajstić information content (AvgIpc) is 3.29. The van der Waals surface area contributed by atoms with E-state index in [1.165, 1.54) is 17.7 Å². The summed E-state index contributed by atoms with van der Waals surface area (Å²) in [5.41, 5.74) is 3.54. The molecule has 0 saturated carbocycles. The molecule has 4 rings (SSSR count). The van der Waals surface area contributed by atoms with Crippen LogP contribution in [0.1, 0.15) is 41.5 Å². The van der Waals surface area contributed by atoms with Crippen LogP contribution in [0.2, 0.25) is 0 Å². The van der Waals surface area contributed by atoms with E-state index in [-0.39, 0.29) is 5.82 Å². The third kappa shape index (κ3) is 6.66. The van der Waals surface area contributed by atoms with Crippen molar-refractivity contribution in [2.45, 2.75) is 52.1 Å². The van der Waals surface area contributed by atoms with Crippen LogP contribution in [-0.2, 0) is 24.2 Å². The van der Waals surface area contributed by atoms with Crippen LogP contribution in [0.5, 0.6) is 5.75 Å². The fraction of sp³-hybridized carbons (Fsp3) is 0.290. The molecule has 2 N–H and O–H groups in total. The lowest BCUT2D eigenvalue weighted by molar-refractivity contribution is -0.145. The molecule has 1 aromatic heterocycles. The summed E-state index contributed by atoms with van der Waals surface area (Å²) in [5.74, 6) is 0.838. The van der Waals surface area contributed by atoms with Crippen molar-refractivity contribution in [1.29, 1.82) is 0 Å². The van der Waals surface area contributed by atoms with Gasteiger partial charge in [0.15, 0.2) is 0 Å². The monoisotopic (exact) mass is 516 g/mol. The second-order valence-corrected chi connectivity index (χ2v) is 9.53. The van der Waals surface area contributed by atoms with E-state index in [0.29, 0.717) is 44.1 Å². The number of hydrogen-bond donors (Lipinski definition) is 2. The van der Waals surface area contributed by atoms with Crippen molar-refractivity contribution in [1.82, 2.24) is 10.3 Å². The first-order valence-corrected chi connectivity index (χ1v) is 12.8. The number of carbonyl (C=O) groups is 1. The summed E-state index contributed by atoms with van der Waals surface area (Å²) < 4.78 is 25.0. The van der Waals surface area contributed by atoms with Crippen LogP contribution in [0.15, 0.2) is 77.2 Å². The second kappa shape index (κ2) is 12.0. The van der Waals surface area contributed by atoms with E-state index >= 15 is 0 Å². The van der Waals surface area contributed by atoms with Crippen molar-refractivity contribution in [3.05, 3.63) is 107 Å². The molecule has 0 aliphatic rings. The van der Waals surface area contributed by atoms with E-state index in [0.717, 1.165) is 28.1 Å². The molecule has 0 saturated heterocycles. The Bertz CT molecular complexity index is 1350. The van der Waals surface area contributed by atoms with Crippen molar-refractivity contribution >= 4 is 5.97 Å². The first kappa shape index (κ1) is 27.1. The number of benzene rings is 3. The summed E-state index contributed by atoms with van der Waals surface area (Å²) >= 11 is 0. The minimum atomic E-state index is -1.14. The summed E-state index contributed by atoms with van der Waals surface area (Å²) in [7, 11) is 0. The number of hydrogen-bond acceptors (Lipinski definition) is 5. The molecule has 1 atom stereocenters. The van der Waals surface area contributed by atoms with Crippen LogP contribution in [-0.4, -0.2) is 28.2 Å². The number of aromatic nitrogens is 1. The minimum Gasteiger partial charge on any atom is -0.493 e. The van der Waals surface area contributed by atoms with Crippen molar-refractivity contribution in [2.75, 3.05) is 6.61 Å². The Morgan fingerprint density at radius 1 is 1.00 bits per heavy atom. The molecule has 4 aromatic rings. The van der Waals surface area contributed by atoms with E-state index in [1.54, 1.807) is 12.1 Å². The summed E-state index contributed by atoms with van der Waals surface area (Å²) in [6, 6.07) is 21.6. The number of oxazole rings is 1. The van der Waals surface area contributed by atoms with Gasteiger partial charge in [-0.1, -0.05) is 48.9 Å². The highest BCUT2D eigenvalue weighted by Gasteiger charge is 2.36. The Morgan fingerprint density at radius 2 is 1.66 bits per heavy atom. The van der Waals surface area contributed by atoms with Crippen molar-refractivity contribution in [3.63, 3.8) is 0 Å². The molecule has 3 aromatic carbocycles. The van der Waals surface area contributed by atoms with Gasteiger partial charge in [0, 0.05) is 24.9 Å². The van der Waals surface area contributed by atoms with Crippen molar-refractivity contribution in [3.8, 4) is 17.2 Å². The van der Waals surface area contributed by atoms with Crippen LogP contribution in [0, 0.1) is 19.7 Å². The van der Waals surface area contributed by atoms with Crippen LogP contribution in [0.25, 0.3) is 11.5 Å². The van der Waals surface area contributed by atoms with Gasteiger partial charge in [0.05, 0.1) is 12.3 Å². The number of ether oxygens (including phenoxy) is 1. The number of carboxylic acids is 1. The van der Waals surface area contributed by atoms with Crippen LogP contribution < -0.4 is 10.1 Å². The molecule has 0 bridgehead atoms. The summed E-state index contributed by atoms with van der Waals surface area (Å²) in [4.78, 5) is 16.9. The van der Waals surface area contributed by atoms with Gasteiger partial charge < -0.3 is 14.3 Å². The molecular formula is C31H33FN2O4. The average molecular weight is 517 g/mol. The molecule has 0 aliphatic carbocycles. The molecular weight excluding hydrogens is 483 g/mol. The zero-order chi connectivity index (χ0) is 27.1. The van der Waals surface area contributed by atoms with Crippen LogP contribution in [0.4, 0.5) is 4.39 Å². The van der Waals surface area contributed by atoms with Gasteiger partial charge in [-0.25, -0.2) is 9.37 Å². The van der Waals surface area contributed by atoms with Crippen LogP contribution >= 0.6 is 0 Å². The fourth-order valence-corrected chi connectivity index (χ4v) is 4.29. The zero-order valence-corrected chi connectivity index (χ0v) is 22.0. The van der Waals surface area contributed by atoms with Crippen molar-refractivity contribution in [2.24, 2.45) is 0 Å². The third-order valence-corrected chi connectivity index (χ3v) is 6.79. The predicted octanol–water partition coefficient (Wildman–Crippen LogP) is 6.28. The molecule has 6 nitrogen and oxygen atoms in total. The molecule has 0 radical (unpaired) electrons. The molecule has 7 heteroatoms. The Morgan fingerprint density at radius 3 is 2.29 bits per heavy atom. The number of halogens is 1. The summed E-state index contributed by atoms with van der Waals surface area (Å²) in [6.07, 6.45) is 1.30. The maximum Gasteiger partial charge on any atom is 0.324 e. The Kier molecular flexibility index (Phi) is 8.59. The summed E-state index contributed by atoms with van der Waals surface area (Å²) in [6.45, 7) is 6.56. The van der Waals surface area contributed by atoms with Gasteiger partial charge >= 0.3 is 5.97 Å². The number of aliphatic carboxylic acids is 1. The second-order valence-electron chi connectivity index (χ2n) is 9.53. The fourth-order valence-electron chi connectivity index (χ4n) is 4.29. The first-order chi connectivity index (χ1) is 18.3. The number of nitrogens with one attached hydrogen (secondary N) is 1. The van der Waals surface area contributed by atoms with Crippen LogP contribution in [0.3, 0.4) is 0 Å². The molecule has 0 aliphatic heterocycles. The topological polar surface area (TPSA) is 84.6 Å². The molecule has 38 heavy (non-hydrogen) atoms. The molecule has 0 amide bonds. The Hall–Kier alpha value is -3.97. The van der Waals surface area contributed by atoms with Crippen molar-refractivity contribution < 1.29 is 23.4 Å². The number of rotatable bonds is 12. The van der Waals surface area contributed by atoms with E-state index in [2.05, 4.69) is 10.3 Å². The highest BCUT2D eigenvalue weighted by molar-refractivity contribution is 5.79. The highest BCUT2D eigenvalue weighted by atomic mass is 19.1. The predicted molar refractivity (Wildman–Crippen MR) is 145 cm³/mol. The largest absolute Gasteiger partial charge is 0.493 e. The number of carboxylic acid groups (broad SMARTS) is 1. The molecule has 0 spiro atoms. The van der Waals surface area contributed by atoms with E-state index in [9.17, 15) is 14.3 Å². The Labute approximate surface area is 222 Å². The molecule has 198 valence electrons. The molecule has 1 heterocycles. The van der Waals surface area contributed by atoms with E-state index in [1.807, 2.05) is 69.3 Å². The number of aryl methyl sites for hydroxylation is 2. The third-order valence-electron chi connectivity index (χ3n) is 6.79. The van der Waals surface area contributed by atoms with Gasteiger partial charge in [-0.15, -0.1) is 0 Å². The first-order valence-electron chi connectivity index (χ1n) is 12.8. The SMILES string of the molecule is CC[C@@](Cc1ccc(OCCc2nc(-c3ccc(C)cc3)oc2C)cc1)(NCc1ccc(F)cc1)C(=O)O. The van der Waals surface area contributed by atoms with Gasteiger partial charge in [0.1, 0.15) is 22.9 Å². The number of nitrogens with zero attached hydrogens (tertiary/aromatic N) is 1. The maximum atomic E-state index is 13.2. The highest BCUT2D eigenvalue weighted by Crippen LogP contribution is 2.24. The smallest absolute Gasteiger partial charge is 0.324 e. The van der Waals surface area contributed by atoms with E-state index < -0.39 is 11.5 Å². The van der Waals surface area contributed by atoms with Gasteiger partial charge in [0.2, 0.25) is 5.89 Å². The molecule has 0 fully saturated rings. The van der Waals surface area contributed by atoms with Gasteiger partial charge in [-0.2, -0.15) is 0 Å². The lowest BCUT2D eigenvalue weighted by Gasteiger charge is -2.30. The lowest BCUT2D eigenvalue weighted by atomic mass is 9.87. The Balaban J connectivity index is 1.34. The molecule has 0 unspecified atom stereocenters. The quantitative estimate of drug-likeness (QED) is 0.230. The normalized spacial score (nSPS) is 12.7. The zero-order valence-electron chi connectivity index (χ0n) is 22.0. The van der Waals surface area contributed by atoms with Gasteiger partial charge in [-0.05, 0) is 67.8 Å². The van der Waals surface area contributed by atoms with E-state index in [4.69, 9.17) is 9.15 Å². The van der Waals surface area contributed by atoms with Gasteiger partial charge in [0.25, 0.3) is 0 Å². The summed E-state index contributed by atoms with van der Waals surface area (Å²) in [5, 5.41) is 13.2. The maximum absolute atomic E-state index is 13.2. The lowest BCUT2D eigenvalue weighted by Crippen LogP contribution is -2.53. The minimum absolute atomic E-state index is 0.306.